The highest BCUT2D eigenvalue weighted by atomic mass is 15.3. The average molecular weight is 322 g/mol. The van der Waals surface area contributed by atoms with Crippen molar-refractivity contribution < 1.29 is 0 Å². The van der Waals surface area contributed by atoms with E-state index in [-0.39, 0.29) is 0 Å². The largest absolute Gasteiger partial charge is 0.301 e. The Labute approximate surface area is 147 Å². The minimum absolute atomic E-state index is 0.589. The average Bonchev–Trinajstić information content (AvgIpc) is 2.67. The number of likely N-dealkylation sites (N-methyl/N-ethyl adjacent to an activating group) is 1. The van der Waals surface area contributed by atoms with Gasteiger partial charge in [0, 0.05) is 26.2 Å². The van der Waals surface area contributed by atoms with E-state index >= 15 is 0 Å². The van der Waals surface area contributed by atoms with E-state index in [4.69, 9.17) is 0 Å². The molecule has 24 heavy (non-hydrogen) atoms. The maximum Gasteiger partial charge on any atom is 0.0110 e. The van der Waals surface area contributed by atoms with Gasteiger partial charge in [0.25, 0.3) is 0 Å². The van der Waals surface area contributed by atoms with Gasteiger partial charge in [-0.1, -0.05) is 68.4 Å². The Kier molecular flexibility index (Phi) is 6.06. The topological polar surface area (TPSA) is 6.48 Å². The van der Waals surface area contributed by atoms with Gasteiger partial charge in [0.1, 0.15) is 0 Å². The normalized spacial score (nSPS) is 17.8. The Balaban J connectivity index is 1.63. The molecule has 0 aromatic heterocycles. The summed E-state index contributed by atoms with van der Waals surface area (Å²) in [5.41, 5.74) is 4.20. The minimum Gasteiger partial charge on any atom is -0.301 e. The van der Waals surface area contributed by atoms with Gasteiger partial charge >= 0.3 is 0 Å². The van der Waals surface area contributed by atoms with E-state index in [1.54, 1.807) is 0 Å². The molecule has 0 saturated carbocycles. The molecule has 2 heteroatoms. The van der Waals surface area contributed by atoms with Gasteiger partial charge in [-0.15, -0.1) is 0 Å². The van der Waals surface area contributed by atoms with Crippen molar-refractivity contribution in [2.45, 2.75) is 26.2 Å². The van der Waals surface area contributed by atoms with Crippen LogP contribution >= 0.6 is 0 Å². The van der Waals surface area contributed by atoms with E-state index < -0.39 is 0 Å². The molecular formula is C22H30N2. The Hall–Kier alpha value is -1.64. The van der Waals surface area contributed by atoms with Gasteiger partial charge in [-0.25, -0.2) is 0 Å². The predicted molar refractivity (Wildman–Crippen MR) is 103 cm³/mol. The van der Waals surface area contributed by atoms with E-state index in [2.05, 4.69) is 78.2 Å². The molecule has 0 aliphatic carbocycles. The molecule has 128 valence electrons. The fourth-order valence-electron chi connectivity index (χ4n) is 3.67. The molecule has 1 saturated heterocycles. The summed E-state index contributed by atoms with van der Waals surface area (Å²) in [5.74, 6) is 0.589. The minimum atomic E-state index is 0.589. The summed E-state index contributed by atoms with van der Waals surface area (Å²) in [4.78, 5) is 5.18. The van der Waals surface area contributed by atoms with Crippen LogP contribution in [-0.4, -0.2) is 49.1 Å². The summed E-state index contributed by atoms with van der Waals surface area (Å²) in [6.07, 6.45) is 1.23. The Morgan fingerprint density at radius 3 is 2.17 bits per heavy atom. The molecule has 1 fully saturated rings. The first-order valence-corrected chi connectivity index (χ1v) is 9.37. The fraction of sp³-hybridized carbons (Fsp3) is 0.455. The SMILES string of the molecule is CCN1CCN(CCC(C)c2ccccc2-c2ccccc2)CC1. The smallest absolute Gasteiger partial charge is 0.0110 e. The number of hydrogen-bond acceptors (Lipinski definition) is 2. The highest BCUT2D eigenvalue weighted by molar-refractivity contribution is 5.67. The van der Waals surface area contributed by atoms with Crippen molar-refractivity contribution in [2.75, 3.05) is 39.3 Å². The van der Waals surface area contributed by atoms with Crippen LogP contribution in [0.2, 0.25) is 0 Å². The van der Waals surface area contributed by atoms with Gasteiger partial charge in [-0.2, -0.15) is 0 Å². The summed E-state index contributed by atoms with van der Waals surface area (Å²) in [6.45, 7) is 11.9. The quantitative estimate of drug-likeness (QED) is 0.773. The summed E-state index contributed by atoms with van der Waals surface area (Å²) in [5, 5.41) is 0. The predicted octanol–water partition coefficient (Wildman–Crippen LogP) is 4.48. The summed E-state index contributed by atoms with van der Waals surface area (Å²) in [7, 11) is 0. The molecule has 1 atom stereocenters. The molecule has 1 heterocycles. The molecule has 0 N–H and O–H groups in total. The Morgan fingerprint density at radius 2 is 1.46 bits per heavy atom. The van der Waals surface area contributed by atoms with Gasteiger partial charge in [0.2, 0.25) is 0 Å². The van der Waals surface area contributed by atoms with Crippen LogP contribution in [0.15, 0.2) is 54.6 Å². The van der Waals surface area contributed by atoms with Crippen molar-refractivity contribution in [2.24, 2.45) is 0 Å². The lowest BCUT2D eigenvalue weighted by atomic mass is 9.89. The lowest BCUT2D eigenvalue weighted by Crippen LogP contribution is -2.46. The first-order chi connectivity index (χ1) is 11.8. The van der Waals surface area contributed by atoms with Crippen molar-refractivity contribution >= 4 is 0 Å². The van der Waals surface area contributed by atoms with E-state index in [0.717, 1.165) is 0 Å². The molecule has 3 rings (SSSR count). The lowest BCUT2D eigenvalue weighted by Gasteiger charge is -2.34. The van der Waals surface area contributed by atoms with Crippen LogP contribution in [0, 0.1) is 0 Å². The number of rotatable bonds is 6. The molecular weight excluding hydrogens is 292 g/mol. The van der Waals surface area contributed by atoms with E-state index in [1.165, 1.54) is 62.4 Å². The second kappa shape index (κ2) is 8.46. The second-order valence-corrected chi connectivity index (χ2v) is 6.92. The lowest BCUT2D eigenvalue weighted by molar-refractivity contribution is 0.134. The van der Waals surface area contributed by atoms with Crippen LogP contribution in [0.5, 0.6) is 0 Å². The zero-order valence-corrected chi connectivity index (χ0v) is 15.1. The van der Waals surface area contributed by atoms with Crippen LogP contribution < -0.4 is 0 Å². The van der Waals surface area contributed by atoms with Crippen molar-refractivity contribution in [3.05, 3.63) is 60.2 Å². The van der Waals surface area contributed by atoms with Crippen molar-refractivity contribution in [1.29, 1.82) is 0 Å². The van der Waals surface area contributed by atoms with Gasteiger partial charge < -0.3 is 9.80 Å². The second-order valence-electron chi connectivity index (χ2n) is 6.92. The third-order valence-electron chi connectivity index (χ3n) is 5.37. The number of benzene rings is 2. The zero-order chi connectivity index (χ0) is 16.8. The van der Waals surface area contributed by atoms with E-state index in [1.807, 2.05) is 0 Å². The number of piperazine rings is 1. The van der Waals surface area contributed by atoms with Crippen molar-refractivity contribution in [1.82, 2.24) is 9.80 Å². The molecule has 2 aromatic carbocycles. The van der Waals surface area contributed by atoms with Crippen LogP contribution in [0.1, 0.15) is 31.7 Å². The summed E-state index contributed by atoms with van der Waals surface area (Å²) >= 11 is 0. The number of nitrogens with zero attached hydrogens (tertiary/aromatic N) is 2. The maximum absolute atomic E-state index is 2.63. The van der Waals surface area contributed by atoms with Gasteiger partial charge in [0.05, 0.1) is 0 Å². The summed E-state index contributed by atoms with van der Waals surface area (Å²) in [6, 6.07) is 19.7. The van der Waals surface area contributed by atoms with E-state index in [9.17, 15) is 0 Å². The first kappa shape index (κ1) is 17.2. The molecule has 0 bridgehead atoms. The van der Waals surface area contributed by atoms with Crippen LogP contribution in [-0.2, 0) is 0 Å². The van der Waals surface area contributed by atoms with Crippen LogP contribution in [0.25, 0.3) is 11.1 Å². The molecule has 2 aromatic rings. The molecule has 0 radical (unpaired) electrons. The molecule has 0 amide bonds. The van der Waals surface area contributed by atoms with Gasteiger partial charge in [0.15, 0.2) is 0 Å². The van der Waals surface area contributed by atoms with Gasteiger partial charge in [-0.05, 0) is 42.1 Å². The van der Waals surface area contributed by atoms with E-state index in [0.29, 0.717) is 5.92 Å². The molecule has 0 spiro atoms. The molecule has 1 aliphatic rings. The van der Waals surface area contributed by atoms with Crippen molar-refractivity contribution in [3.63, 3.8) is 0 Å². The Morgan fingerprint density at radius 1 is 0.833 bits per heavy atom. The maximum atomic E-state index is 2.63. The van der Waals surface area contributed by atoms with Gasteiger partial charge in [-0.3, -0.25) is 0 Å². The standard InChI is InChI=1S/C22H30N2/c1-3-23-15-17-24(18-16-23)14-13-19(2)21-11-7-8-12-22(21)20-9-5-4-6-10-20/h4-12,19H,3,13-18H2,1-2H3. The highest BCUT2D eigenvalue weighted by Crippen LogP contribution is 2.30. The third-order valence-corrected chi connectivity index (χ3v) is 5.37. The Bertz CT molecular complexity index is 615. The highest BCUT2D eigenvalue weighted by Gasteiger charge is 2.17. The fourth-order valence-corrected chi connectivity index (χ4v) is 3.67. The first-order valence-electron chi connectivity index (χ1n) is 9.37. The number of hydrogen-bond donors (Lipinski definition) is 0. The van der Waals surface area contributed by atoms with Crippen LogP contribution in [0.3, 0.4) is 0 Å². The zero-order valence-electron chi connectivity index (χ0n) is 15.1. The summed E-state index contributed by atoms with van der Waals surface area (Å²) < 4.78 is 0. The molecule has 1 unspecified atom stereocenters. The van der Waals surface area contributed by atoms with Crippen LogP contribution in [0.4, 0.5) is 0 Å². The molecule has 2 nitrogen and oxygen atoms in total. The monoisotopic (exact) mass is 322 g/mol. The molecule has 1 aliphatic heterocycles. The van der Waals surface area contributed by atoms with Crippen molar-refractivity contribution in [3.8, 4) is 11.1 Å². The third kappa shape index (κ3) is 4.25.